The predicted octanol–water partition coefficient (Wildman–Crippen LogP) is 3.24. The number of esters is 1. The zero-order valence-electron chi connectivity index (χ0n) is 16.4. The van der Waals surface area contributed by atoms with Crippen LogP contribution in [0.4, 0.5) is 0 Å². The third-order valence-electron chi connectivity index (χ3n) is 5.01. The zero-order chi connectivity index (χ0) is 20.8. The molecule has 1 aromatic heterocycles. The van der Waals surface area contributed by atoms with Crippen molar-refractivity contribution in [2.24, 2.45) is 0 Å². The van der Waals surface area contributed by atoms with Crippen molar-refractivity contribution in [3.63, 3.8) is 0 Å². The SMILES string of the molecule is CCOC(=O)CC(c1cccc(OC2CCCC2)c1)c1oc(CO)cc(=O)c1O. The molecule has 1 heterocycles. The molecule has 2 aromatic rings. The van der Waals surface area contributed by atoms with Crippen molar-refractivity contribution in [2.45, 2.75) is 57.7 Å². The maximum absolute atomic E-state index is 12.2. The number of carbonyl (C=O) groups is 1. The molecule has 1 aliphatic carbocycles. The van der Waals surface area contributed by atoms with Crippen molar-refractivity contribution in [3.8, 4) is 11.5 Å². The first kappa shape index (κ1) is 20.9. The summed E-state index contributed by atoms with van der Waals surface area (Å²) in [5, 5.41) is 19.7. The van der Waals surface area contributed by atoms with Gasteiger partial charge < -0.3 is 24.1 Å². The Morgan fingerprint density at radius 1 is 1.28 bits per heavy atom. The van der Waals surface area contributed by atoms with E-state index in [0.717, 1.165) is 31.7 Å². The van der Waals surface area contributed by atoms with Gasteiger partial charge >= 0.3 is 5.97 Å². The summed E-state index contributed by atoms with van der Waals surface area (Å²) in [4.78, 5) is 24.3. The lowest BCUT2D eigenvalue weighted by molar-refractivity contribution is -0.143. The molecule has 1 saturated carbocycles. The van der Waals surface area contributed by atoms with Gasteiger partial charge in [-0.25, -0.2) is 0 Å². The number of aromatic hydroxyl groups is 1. The van der Waals surface area contributed by atoms with E-state index in [9.17, 15) is 19.8 Å². The molecular weight excluding hydrogens is 376 g/mol. The van der Waals surface area contributed by atoms with E-state index >= 15 is 0 Å². The van der Waals surface area contributed by atoms with Gasteiger partial charge in [-0.1, -0.05) is 12.1 Å². The van der Waals surface area contributed by atoms with Gasteiger partial charge in [-0.05, 0) is 50.3 Å². The van der Waals surface area contributed by atoms with Crippen molar-refractivity contribution in [1.82, 2.24) is 0 Å². The first-order valence-electron chi connectivity index (χ1n) is 9.90. The van der Waals surface area contributed by atoms with Gasteiger partial charge in [-0.2, -0.15) is 0 Å². The smallest absolute Gasteiger partial charge is 0.306 e. The fraction of sp³-hybridized carbons (Fsp3) is 0.455. The number of rotatable bonds is 8. The Kier molecular flexibility index (Phi) is 6.93. The van der Waals surface area contributed by atoms with Gasteiger partial charge in [0.25, 0.3) is 0 Å². The van der Waals surface area contributed by atoms with Gasteiger partial charge in [-0.3, -0.25) is 9.59 Å². The summed E-state index contributed by atoms with van der Waals surface area (Å²) in [6, 6.07) is 8.22. The third-order valence-corrected chi connectivity index (χ3v) is 5.01. The lowest BCUT2D eigenvalue weighted by atomic mass is 9.92. The Morgan fingerprint density at radius 3 is 2.72 bits per heavy atom. The van der Waals surface area contributed by atoms with Gasteiger partial charge in [0.1, 0.15) is 18.1 Å². The van der Waals surface area contributed by atoms with Crippen molar-refractivity contribution in [3.05, 3.63) is 57.6 Å². The van der Waals surface area contributed by atoms with Crippen LogP contribution in [0.25, 0.3) is 0 Å². The summed E-state index contributed by atoms with van der Waals surface area (Å²) >= 11 is 0. The van der Waals surface area contributed by atoms with Crippen LogP contribution in [0.2, 0.25) is 0 Å². The van der Waals surface area contributed by atoms with Crippen molar-refractivity contribution < 1.29 is 28.9 Å². The van der Waals surface area contributed by atoms with Crippen LogP contribution in [0.3, 0.4) is 0 Å². The molecule has 0 radical (unpaired) electrons. The number of hydrogen-bond donors (Lipinski definition) is 2. The van der Waals surface area contributed by atoms with Crippen LogP contribution < -0.4 is 10.2 Å². The summed E-state index contributed by atoms with van der Waals surface area (Å²) in [6.07, 6.45) is 4.32. The molecule has 156 valence electrons. The molecular formula is C22H26O7. The van der Waals surface area contributed by atoms with Crippen LogP contribution in [-0.4, -0.2) is 28.9 Å². The molecule has 1 aromatic carbocycles. The third kappa shape index (κ3) is 5.17. The fourth-order valence-electron chi connectivity index (χ4n) is 3.62. The molecule has 7 nitrogen and oxygen atoms in total. The molecule has 7 heteroatoms. The van der Waals surface area contributed by atoms with Gasteiger partial charge in [-0.15, -0.1) is 0 Å². The minimum Gasteiger partial charge on any atom is -0.502 e. The van der Waals surface area contributed by atoms with Crippen LogP contribution in [0.15, 0.2) is 39.5 Å². The van der Waals surface area contributed by atoms with Gasteiger partial charge in [0.15, 0.2) is 5.76 Å². The highest BCUT2D eigenvalue weighted by atomic mass is 16.5. The second kappa shape index (κ2) is 9.60. The quantitative estimate of drug-likeness (QED) is 0.653. The second-order valence-electron chi connectivity index (χ2n) is 7.11. The Hall–Kier alpha value is -2.80. The van der Waals surface area contributed by atoms with E-state index < -0.39 is 29.7 Å². The van der Waals surface area contributed by atoms with Crippen LogP contribution in [-0.2, 0) is 16.1 Å². The minimum absolute atomic E-state index is 0.00928. The highest BCUT2D eigenvalue weighted by Crippen LogP contribution is 2.35. The Bertz CT molecular complexity index is 896. The molecule has 0 amide bonds. The fourth-order valence-corrected chi connectivity index (χ4v) is 3.62. The van der Waals surface area contributed by atoms with E-state index in [4.69, 9.17) is 13.9 Å². The van der Waals surface area contributed by atoms with E-state index in [1.54, 1.807) is 25.1 Å². The largest absolute Gasteiger partial charge is 0.502 e. The van der Waals surface area contributed by atoms with Gasteiger partial charge in [0, 0.05) is 6.07 Å². The van der Waals surface area contributed by atoms with Gasteiger partial charge in [0.05, 0.1) is 25.0 Å². The summed E-state index contributed by atoms with van der Waals surface area (Å²) < 4.78 is 16.7. The first-order valence-corrected chi connectivity index (χ1v) is 9.90. The van der Waals surface area contributed by atoms with Crippen molar-refractivity contribution in [2.75, 3.05) is 6.61 Å². The predicted molar refractivity (Wildman–Crippen MR) is 105 cm³/mol. The summed E-state index contributed by atoms with van der Waals surface area (Å²) in [7, 11) is 0. The average Bonchev–Trinajstić information content (AvgIpc) is 3.22. The first-order chi connectivity index (χ1) is 14.0. The normalized spacial score (nSPS) is 15.2. The highest BCUT2D eigenvalue weighted by molar-refractivity contribution is 5.71. The van der Waals surface area contributed by atoms with Crippen molar-refractivity contribution >= 4 is 5.97 Å². The molecule has 0 saturated heterocycles. The monoisotopic (exact) mass is 402 g/mol. The number of ether oxygens (including phenoxy) is 2. The molecule has 0 aliphatic heterocycles. The molecule has 2 N–H and O–H groups in total. The van der Waals surface area contributed by atoms with E-state index in [1.807, 2.05) is 6.07 Å². The molecule has 1 fully saturated rings. The molecule has 0 spiro atoms. The average molecular weight is 402 g/mol. The Balaban J connectivity index is 1.99. The number of carbonyl (C=O) groups excluding carboxylic acids is 1. The summed E-state index contributed by atoms with van der Waals surface area (Å²) in [5.74, 6) is -1.25. The molecule has 0 bridgehead atoms. The Morgan fingerprint density at radius 2 is 2.03 bits per heavy atom. The number of aliphatic hydroxyl groups is 1. The number of benzene rings is 1. The second-order valence-corrected chi connectivity index (χ2v) is 7.11. The van der Waals surface area contributed by atoms with Crippen molar-refractivity contribution in [1.29, 1.82) is 0 Å². The topological polar surface area (TPSA) is 106 Å². The van der Waals surface area contributed by atoms with Crippen LogP contribution in [0, 0.1) is 0 Å². The molecule has 1 aliphatic rings. The summed E-state index contributed by atoms with van der Waals surface area (Å²) in [6.45, 7) is 1.41. The van der Waals surface area contributed by atoms with E-state index in [1.165, 1.54) is 0 Å². The maximum Gasteiger partial charge on any atom is 0.306 e. The molecule has 1 atom stereocenters. The minimum atomic E-state index is -0.764. The highest BCUT2D eigenvalue weighted by Gasteiger charge is 2.27. The molecule has 1 unspecified atom stereocenters. The van der Waals surface area contributed by atoms with Crippen LogP contribution >= 0.6 is 0 Å². The van der Waals surface area contributed by atoms with E-state index in [-0.39, 0.29) is 30.7 Å². The lowest BCUT2D eigenvalue weighted by Gasteiger charge is -2.19. The van der Waals surface area contributed by atoms with Crippen LogP contribution in [0.1, 0.15) is 62.0 Å². The van der Waals surface area contributed by atoms with E-state index in [0.29, 0.717) is 11.3 Å². The van der Waals surface area contributed by atoms with Crippen LogP contribution in [0.5, 0.6) is 11.5 Å². The lowest BCUT2D eigenvalue weighted by Crippen LogP contribution is -2.15. The number of hydrogen-bond acceptors (Lipinski definition) is 7. The molecule has 3 rings (SSSR count). The van der Waals surface area contributed by atoms with Gasteiger partial charge in [0.2, 0.25) is 11.2 Å². The summed E-state index contributed by atoms with van der Waals surface area (Å²) in [5.41, 5.74) is -0.0374. The number of aliphatic hydroxyl groups excluding tert-OH is 1. The Labute approximate surface area is 168 Å². The zero-order valence-corrected chi connectivity index (χ0v) is 16.4. The standard InChI is InChI=1S/C22H26O7/c1-2-27-20(25)12-18(22-21(26)19(24)11-17(13-23)29-22)14-6-5-9-16(10-14)28-15-7-3-4-8-15/h5-6,9-11,15,18,23,26H,2-4,7-8,12-13H2,1H3. The van der Waals surface area contributed by atoms with E-state index in [2.05, 4.69) is 0 Å². The molecule has 29 heavy (non-hydrogen) atoms. The maximum atomic E-state index is 12.2.